The lowest BCUT2D eigenvalue weighted by Gasteiger charge is -2.20. The highest BCUT2D eigenvalue weighted by Gasteiger charge is 2.18. The topological polar surface area (TPSA) is 70.5 Å². The highest BCUT2D eigenvalue weighted by Crippen LogP contribution is 2.28. The summed E-state index contributed by atoms with van der Waals surface area (Å²) in [7, 11) is 0. The van der Waals surface area contributed by atoms with Gasteiger partial charge in [0.15, 0.2) is 0 Å². The number of H-pyrrole nitrogens is 2. The third kappa shape index (κ3) is 2.34. The van der Waals surface area contributed by atoms with E-state index in [2.05, 4.69) is 47.0 Å². The lowest BCUT2D eigenvalue weighted by atomic mass is 9.89. The number of hydrogen-bond donors (Lipinski definition) is 3. The summed E-state index contributed by atoms with van der Waals surface area (Å²) < 4.78 is 0. The number of nitrogens with one attached hydrogen (secondary N) is 2. The predicted molar refractivity (Wildman–Crippen MR) is 82.4 cm³/mol. The van der Waals surface area contributed by atoms with Gasteiger partial charge in [-0.1, -0.05) is 32.0 Å². The quantitative estimate of drug-likeness (QED) is 0.680. The van der Waals surface area contributed by atoms with Crippen LogP contribution in [0.5, 0.6) is 0 Å². The van der Waals surface area contributed by atoms with E-state index in [1.165, 1.54) is 5.39 Å². The Kier molecular flexibility index (Phi) is 3.10. The number of rotatable bonds is 4. The third-order valence-electron chi connectivity index (χ3n) is 3.71. The Morgan fingerprint density at radius 1 is 1.25 bits per heavy atom. The molecular formula is C16H20N4. The van der Waals surface area contributed by atoms with Crippen LogP contribution in [0.15, 0.2) is 36.7 Å². The molecule has 4 heteroatoms. The first-order valence-electron chi connectivity index (χ1n) is 6.89. The van der Waals surface area contributed by atoms with Crippen LogP contribution in [0, 0.1) is 5.41 Å². The largest absolute Gasteiger partial charge is 0.360 e. The maximum absolute atomic E-state index is 5.78. The molecule has 104 valence electrons. The molecule has 20 heavy (non-hydrogen) atoms. The van der Waals surface area contributed by atoms with E-state index in [1.807, 2.05) is 18.5 Å². The molecule has 2 heterocycles. The van der Waals surface area contributed by atoms with Gasteiger partial charge in [-0.2, -0.15) is 0 Å². The second kappa shape index (κ2) is 4.80. The molecule has 3 rings (SSSR count). The van der Waals surface area contributed by atoms with Crippen LogP contribution in [-0.2, 0) is 6.42 Å². The average molecular weight is 268 g/mol. The van der Waals surface area contributed by atoms with Crippen molar-refractivity contribution in [3.8, 4) is 11.3 Å². The van der Waals surface area contributed by atoms with Crippen molar-refractivity contribution < 1.29 is 0 Å². The van der Waals surface area contributed by atoms with Crippen LogP contribution in [0.4, 0.5) is 0 Å². The summed E-state index contributed by atoms with van der Waals surface area (Å²) in [5, 5.41) is 1.21. The number of aromatic nitrogens is 3. The van der Waals surface area contributed by atoms with E-state index in [0.29, 0.717) is 6.54 Å². The summed E-state index contributed by atoms with van der Waals surface area (Å²) in [4.78, 5) is 11.2. The van der Waals surface area contributed by atoms with Gasteiger partial charge in [0.25, 0.3) is 0 Å². The van der Waals surface area contributed by atoms with E-state index >= 15 is 0 Å². The molecule has 0 aliphatic rings. The lowest BCUT2D eigenvalue weighted by molar-refractivity contribution is 0.369. The predicted octanol–water partition coefficient (Wildman–Crippen LogP) is 3.09. The zero-order chi connectivity index (χ0) is 14.2. The van der Waals surface area contributed by atoms with Crippen LogP contribution in [0.2, 0.25) is 0 Å². The Balaban J connectivity index is 1.94. The van der Waals surface area contributed by atoms with Crippen LogP contribution < -0.4 is 5.73 Å². The molecule has 0 atom stereocenters. The van der Waals surface area contributed by atoms with Crippen molar-refractivity contribution >= 4 is 10.9 Å². The average Bonchev–Trinajstić information content (AvgIpc) is 3.04. The van der Waals surface area contributed by atoms with Gasteiger partial charge in [0.1, 0.15) is 5.82 Å². The van der Waals surface area contributed by atoms with Gasteiger partial charge in [-0.15, -0.1) is 0 Å². The van der Waals surface area contributed by atoms with Crippen LogP contribution in [0.25, 0.3) is 22.2 Å². The minimum Gasteiger partial charge on any atom is -0.360 e. The molecule has 0 spiro atoms. The molecular weight excluding hydrogens is 248 g/mol. The summed E-state index contributed by atoms with van der Waals surface area (Å²) in [5.41, 5.74) is 9.19. The number of aromatic amines is 2. The van der Waals surface area contributed by atoms with Crippen molar-refractivity contribution in [2.45, 2.75) is 20.3 Å². The maximum Gasteiger partial charge on any atom is 0.107 e. The van der Waals surface area contributed by atoms with Gasteiger partial charge in [-0.3, -0.25) is 0 Å². The lowest BCUT2D eigenvalue weighted by Crippen LogP contribution is -2.26. The standard InChI is InChI=1S/C16H20N4/c1-16(2,10-17)7-15-19-9-14(20-15)12-8-18-13-6-4-3-5-11(12)13/h3-6,8-9,18H,7,10,17H2,1-2H3,(H,19,20). The number of hydrogen-bond acceptors (Lipinski definition) is 2. The van der Waals surface area contributed by atoms with Crippen molar-refractivity contribution in [1.29, 1.82) is 0 Å². The molecule has 0 aliphatic carbocycles. The molecule has 0 bridgehead atoms. The molecule has 0 unspecified atom stereocenters. The second-order valence-electron chi connectivity index (χ2n) is 6.04. The molecule has 0 saturated carbocycles. The Morgan fingerprint density at radius 3 is 2.85 bits per heavy atom. The molecule has 3 aromatic rings. The van der Waals surface area contributed by atoms with E-state index in [-0.39, 0.29) is 5.41 Å². The number of imidazole rings is 1. The van der Waals surface area contributed by atoms with Gasteiger partial charge in [-0.25, -0.2) is 4.98 Å². The first kappa shape index (κ1) is 12.9. The van der Waals surface area contributed by atoms with Crippen LogP contribution in [0.3, 0.4) is 0 Å². The van der Waals surface area contributed by atoms with E-state index in [0.717, 1.165) is 29.0 Å². The Morgan fingerprint density at radius 2 is 2.05 bits per heavy atom. The minimum absolute atomic E-state index is 0.0648. The molecule has 0 saturated heterocycles. The highest BCUT2D eigenvalue weighted by atomic mass is 14.9. The SMILES string of the molecule is CC(C)(CN)Cc1ncc(-c2c[nH]c3ccccc23)[nH]1. The van der Waals surface area contributed by atoms with E-state index in [1.54, 1.807) is 0 Å². The summed E-state index contributed by atoms with van der Waals surface area (Å²) >= 11 is 0. The smallest absolute Gasteiger partial charge is 0.107 e. The van der Waals surface area contributed by atoms with Crippen LogP contribution >= 0.6 is 0 Å². The van der Waals surface area contributed by atoms with Crippen molar-refractivity contribution in [2.75, 3.05) is 6.54 Å². The number of nitrogens with two attached hydrogens (primary N) is 1. The summed E-state index contributed by atoms with van der Waals surface area (Å²) in [6.07, 6.45) is 4.78. The molecule has 0 radical (unpaired) electrons. The Bertz CT molecular complexity index is 721. The molecule has 0 amide bonds. The van der Waals surface area contributed by atoms with Crippen molar-refractivity contribution in [3.05, 3.63) is 42.5 Å². The number of fused-ring (bicyclic) bond motifs is 1. The van der Waals surface area contributed by atoms with Gasteiger partial charge < -0.3 is 15.7 Å². The molecule has 1 aromatic carbocycles. The van der Waals surface area contributed by atoms with E-state index in [9.17, 15) is 0 Å². The monoisotopic (exact) mass is 268 g/mol. The van der Waals surface area contributed by atoms with Crippen molar-refractivity contribution in [2.24, 2.45) is 11.1 Å². The molecule has 4 N–H and O–H groups in total. The van der Waals surface area contributed by atoms with E-state index < -0.39 is 0 Å². The molecule has 2 aromatic heterocycles. The van der Waals surface area contributed by atoms with Crippen LogP contribution in [-0.4, -0.2) is 21.5 Å². The maximum atomic E-state index is 5.78. The second-order valence-corrected chi connectivity index (χ2v) is 6.04. The van der Waals surface area contributed by atoms with Gasteiger partial charge in [0.2, 0.25) is 0 Å². The van der Waals surface area contributed by atoms with Gasteiger partial charge in [0.05, 0.1) is 11.9 Å². The van der Waals surface area contributed by atoms with Gasteiger partial charge >= 0.3 is 0 Å². The summed E-state index contributed by atoms with van der Waals surface area (Å²) in [6, 6.07) is 8.28. The van der Waals surface area contributed by atoms with Gasteiger partial charge in [0, 0.05) is 29.1 Å². The fraction of sp³-hybridized carbons (Fsp3) is 0.312. The van der Waals surface area contributed by atoms with Gasteiger partial charge in [-0.05, 0) is 18.0 Å². The van der Waals surface area contributed by atoms with Crippen molar-refractivity contribution in [1.82, 2.24) is 15.0 Å². The van der Waals surface area contributed by atoms with E-state index in [4.69, 9.17) is 5.73 Å². The minimum atomic E-state index is 0.0648. The molecule has 0 aliphatic heterocycles. The molecule has 0 fully saturated rings. The zero-order valence-electron chi connectivity index (χ0n) is 11.9. The number of benzene rings is 1. The highest BCUT2D eigenvalue weighted by molar-refractivity contribution is 5.94. The third-order valence-corrected chi connectivity index (χ3v) is 3.71. The normalized spacial score (nSPS) is 12.2. The summed E-state index contributed by atoms with van der Waals surface area (Å²) in [6.45, 7) is 4.96. The number of nitrogens with zero attached hydrogens (tertiary/aromatic N) is 1. The number of para-hydroxylation sites is 1. The first-order chi connectivity index (χ1) is 9.59. The fourth-order valence-corrected chi connectivity index (χ4v) is 2.41. The van der Waals surface area contributed by atoms with Crippen molar-refractivity contribution in [3.63, 3.8) is 0 Å². The Hall–Kier alpha value is -2.07. The zero-order valence-corrected chi connectivity index (χ0v) is 11.9. The Labute approximate surface area is 118 Å². The fourth-order valence-electron chi connectivity index (χ4n) is 2.41. The first-order valence-corrected chi connectivity index (χ1v) is 6.89. The molecule has 4 nitrogen and oxygen atoms in total. The summed E-state index contributed by atoms with van der Waals surface area (Å²) in [5.74, 6) is 0.987. The van der Waals surface area contributed by atoms with Crippen LogP contribution in [0.1, 0.15) is 19.7 Å².